The van der Waals surface area contributed by atoms with Crippen molar-refractivity contribution >= 4 is 62.7 Å². The first-order valence-electron chi connectivity index (χ1n) is 8.86. The molecule has 1 saturated heterocycles. The second-order valence-corrected chi connectivity index (χ2v) is 8.05. The molecule has 1 N–H and O–H groups in total. The van der Waals surface area contributed by atoms with Crippen LogP contribution in [0.25, 0.3) is 6.08 Å². The lowest BCUT2D eigenvalue weighted by Gasteiger charge is -2.18. The van der Waals surface area contributed by atoms with Crippen molar-refractivity contribution in [1.29, 1.82) is 0 Å². The fourth-order valence-electron chi connectivity index (χ4n) is 2.72. The molecule has 1 aliphatic rings. The Morgan fingerprint density at radius 3 is 2.63 bits per heavy atom. The second-order valence-electron chi connectivity index (χ2n) is 6.18. The number of aromatic nitrogens is 1. The van der Waals surface area contributed by atoms with E-state index < -0.39 is 5.82 Å². The zero-order chi connectivity index (χ0) is 21.1. The minimum atomic E-state index is -0.518. The number of benzene rings is 2. The van der Waals surface area contributed by atoms with E-state index in [1.165, 1.54) is 47.1 Å². The number of rotatable bonds is 4. The third-order valence-electron chi connectivity index (χ3n) is 4.03. The van der Waals surface area contributed by atoms with E-state index in [4.69, 9.17) is 0 Å². The van der Waals surface area contributed by atoms with Crippen LogP contribution in [-0.4, -0.2) is 22.0 Å². The molecule has 4 rings (SSSR count). The topological polar surface area (TPSA) is 74.7 Å². The fraction of sp³-hybridized carbons (Fsp3) is 0.0476. The number of thiazole rings is 1. The first-order valence-corrected chi connectivity index (χ1v) is 10.6. The van der Waals surface area contributed by atoms with E-state index in [0.717, 1.165) is 5.69 Å². The Balaban J connectivity index is 1.59. The molecule has 2 heterocycles. The van der Waals surface area contributed by atoms with E-state index in [1.54, 1.807) is 23.6 Å². The fourth-order valence-corrected chi connectivity index (χ4v) is 4.38. The lowest BCUT2D eigenvalue weighted by molar-refractivity contribution is -0.116. The van der Waals surface area contributed by atoms with Gasteiger partial charge in [-0.2, -0.15) is 0 Å². The number of carbonyl (C=O) groups is 2. The van der Waals surface area contributed by atoms with Crippen molar-refractivity contribution in [3.8, 4) is 0 Å². The molecular formula is C21H15FN4O2S2. The van der Waals surface area contributed by atoms with E-state index >= 15 is 0 Å². The SMILES string of the molecule is CC(=O)N(c1nc(/C=C2\SC(=Nc3ccccc3)NC2=O)cs1)c1ccccc1F. The molecule has 0 spiro atoms. The zero-order valence-electron chi connectivity index (χ0n) is 15.7. The van der Waals surface area contributed by atoms with Gasteiger partial charge in [0.05, 0.1) is 22.0 Å². The molecule has 1 aliphatic heterocycles. The third kappa shape index (κ3) is 4.32. The van der Waals surface area contributed by atoms with Gasteiger partial charge in [0.2, 0.25) is 5.91 Å². The van der Waals surface area contributed by atoms with Crippen LogP contribution < -0.4 is 10.2 Å². The smallest absolute Gasteiger partial charge is 0.264 e. The Morgan fingerprint density at radius 2 is 1.90 bits per heavy atom. The van der Waals surface area contributed by atoms with E-state index in [2.05, 4.69) is 15.3 Å². The average Bonchev–Trinajstić information content (AvgIpc) is 3.31. The van der Waals surface area contributed by atoms with Gasteiger partial charge in [-0.05, 0) is 42.1 Å². The Kier molecular flexibility index (Phi) is 5.73. The van der Waals surface area contributed by atoms with E-state index in [1.807, 2.05) is 30.3 Å². The Bertz CT molecular complexity index is 1170. The summed E-state index contributed by atoms with van der Waals surface area (Å²) in [5.41, 5.74) is 1.36. The molecule has 1 fully saturated rings. The number of para-hydroxylation sites is 2. The molecule has 1 aromatic heterocycles. The van der Waals surface area contributed by atoms with E-state index in [0.29, 0.717) is 20.9 Å². The van der Waals surface area contributed by atoms with Crippen LogP contribution in [0, 0.1) is 5.82 Å². The highest BCUT2D eigenvalue weighted by Gasteiger charge is 2.25. The maximum Gasteiger partial charge on any atom is 0.264 e. The van der Waals surface area contributed by atoms with Gasteiger partial charge >= 0.3 is 0 Å². The van der Waals surface area contributed by atoms with Gasteiger partial charge in [0.1, 0.15) is 5.82 Å². The monoisotopic (exact) mass is 438 g/mol. The van der Waals surface area contributed by atoms with E-state index in [9.17, 15) is 14.0 Å². The van der Waals surface area contributed by atoms with Gasteiger partial charge in [-0.25, -0.2) is 14.4 Å². The maximum atomic E-state index is 14.2. The number of amidine groups is 1. The van der Waals surface area contributed by atoms with Crippen molar-refractivity contribution < 1.29 is 14.0 Å². The number of amides is 2. The van der Waals surface area contributed by atoms with Crippen LogP contribution in [0.5, 0.6) is 0 Å². The molecule has 0 saturated carbocycles. The van der Waals surface area contributed by atoms with Gasteiger partial charge in [0.25, 0.3) is 5.91 Å². The number of halogens is 1. The van der Waals surface area contributed by atoms with Crippen LogP contribution in [-0.2, 0) is 9.59 Å². The minimum Gasteiger partial charge on any atom is -0.300 e. The zero-order valence-corrected chi connectivity index (χ0v) is 17.3. The molecule has 0 bridgehead atoms. The molecule has 9 heteroatoms. The molecular weight excluding hydrogens is 423 g/mol. The predicted octanol–water partition coefficient (Wildman–Crippen LogP) is 4.86. The van der Waals surface area contributed by atoms with Crippen molar-refractivity contribution in [2.24, 2.45) is 4.99 Å². The number of nitrogens with zero attached hydrogens (tertiary/aromatic N) is 3. The van der Waals surface area contributed by atoms with Crippen molar-refractivity contribution in [3.05, 3.63) is 76.4 Å². The normalized spacial score (nSPS) is 16.1. The quantitative estimate of drug-likeness (QED) is 0.591. The summed E-state index contributed by atoms with van der Waals surface area (Å²) < 4.78 is 14.2. The van der Waals surface area contributed by atoms with Crippen LogP contribution in [0.1, 0.15) is 12.6 Å². The van der Waals surface area contributed by atoms with Crippen molar-refractivity contribution in [2.45, 2.75) is 6.92 Å². The van der Waals surface area contributed by atoms with Gasteiger partial charge in [-0.15, -0.1) is 11.3 Å². The standard InChI is InChI=1S/C21H15FN4O2S2/c1-13(27)26(17-10-6-5-9-16(17)22)21-24-15(12-29-21)11-18-19(28)25-20(30-18)23-14-7-3-2-4-8-14/h2-12H,1H3,(H,23,25,28)/b18-11-. The largest absolute Gasteiger partial charge is 0.300 e. The molecule has 0 aliphatic carbocycles. The van der Waals surface area contributed by atoms with Crippen LogP contribution in [0.3, 0.4) is 0 Å². The number of nitrogens with one attached hydrogen (secondary N) is 1. The van der Waals surface area contributed by atoms with Gasteiger partial charge in [0, 0.05) is 12.3 Å². The summed E-state index contributed by atoms with van der Waals surface area (Å²) in [5, 5.41) is 5.23. The first kappa shape index (κ1) is 20.0. The van der Waals surface area contributed by atoms with Crippen molar-refractivity contribution in [3.63, 3.8) is 0 Å². The molecule has 2 aromatic carbocycles. The third-order valence-corrected chi connectivity index (χ3v) is 5.78. The second kappa shape index (κ2) is 8.60. The van der Waals surface area contributed by atoms with Gasteiger partial charge < -0.3 is 5.32 Å². The number of aliphatic imine (C=N–C) groups is 1. The summed E-state index contributed by atoms with van der Waals surface area (Å²) in [5.74, 6) is -1.16. The molecule has 150 valence electrons. The highest BCUT2D eigenvalue weighted by atomic mass is 32.2. The first-order chi connectivity index (χ1) is 14.5. The van der Waals surface area contributed by atoms with Gasteiger partial charge in [-0.1, -0.05) is 30.3 Å². The summed E-state index contributed by atoms with van der Waals surface area (Å²) in [7, 11) is 0. The number of carbonyl (C=O) groups excluding carboxylic acids is 2. The van der Waals surface area contributed by atoms with Crippen LogP contribution in [0.2, 0.25) is 0 Å². The van der Waals surface area contributed by atoms with Crippen LogP contribution >= 0.6 is 23.1 Å². The molecule has 0 unspecified atom stereocenters. The summed E-state index contributed by atoms with van der Waals surface area (Å²) in [6, 6.07) is 15.3. The molecule has 2 amide bonds. The number of anilines is 2. The minimum absolute atomic E-state index is 0.129. The Morgan fingerprint density at radius 1 is 1.17 bits per heavy atom. The lowest BCUT2D eigenvalue weighted by Crippen LogP contribution is -2.23. The summed E-state index contributed by atoms with van der Waals surface area (Å²) >= 11 is 2.39. The summed E-state index contributed by atoms with van der Waals surface area (Å²) in [6.45, 7) is 1.35. The Labute approximate surface area is 180 Å². The van der Waals surface area contributed by atoms with Crippen LogP contribution in [0.15, 0.2) is 69.9 Å². The highest BCUT2D eigenvalue weighted by molar-refractivity contribution is 8.18. The molecule has 0 radical (unpaired) electrons. The summed E-state index contributed by atoms with van der Waals surface area (Å²) in [4.78, 5) is 34.9. The number of thioether (sulfide) groups is 1. The molecule has 3 aromatic rings. The Hall–Kier alpha value is -3.30. The van der Waals surface area contributed by atoms with E-state index in [-0.39, 0.29) is 17.5 Å². The van der Waals surface area contributed by atoms with Crippen LogP contribution in [0.4, 0.5) is 20.9 Å². The highest BCUT2D eigenvalue weighted by Crippen LogP contribution is 2.33. The van der Waals surface area contributed by atoms with Gasteiger partial charge in [0.15, 0.2) is 10.3 Å². The predicted molar refractivity (Wildman–Crippen MR) is 119 cm³/mol. The maximum absolute atomic E-state index is 14.2. The summed E-state index contributed by atoms with van der Waals surface area (Å²) in [6.07, 6.45) is 1.62. The number of hydrogen-bond acceptors (Lipinski definition) is 6. The molecule has 0 atom stereocenters. The molecule has 6 nitrogen and oxygen atoms in total. The van der Waals surface area contributed by atoms with Crippen molar-refractivity contribution in [2.75, 3.05) is 4.90 Å². The van der Waals surface area contributed by atoms with Gasteiger partial charge in [-0.3, -0.25) is 14.5 Å². The average molecular weight is 439 g/mol. The molecule has 30 heavy (non-hydrogen) atoms. The van der Waals surface area contributed by atoms with Crippen molar-refractivity contribution in [1.82, 2.24) is 10.3 Å². The number of hydrogen-bond donors (Lipinski definition) is 1. The lowest BCUT2D eigenvalue weighted by atomic mass is 10.3.